The first-order chi connectivity index (χ1) is 10.1. The van der Waals surface area contributed by atoms with Crippen LogP contribution in [0.25, 0.3) is 0 Å². The first-order valence-electron chi connectivity index (χ1n) is 7.98. The third-order valence-electron chi connectivity index (χ3n) is 4.17. The normalized spacial score (nSPS) is 16.0. The van der Waals surface area contributed by atoms with Gasteiger partial charge in [-0.3, -0.25) is 0 Å². The topological polar surface area (TPSA) is 49.6 Å². The fourth-order valence-corrected chi connectivity index (χ4v) is 2.76. The average Bonchev–Trinajstić information content (AvgIpc) is 2.49. The molecule has 1 aromatic carbocycles. The predicted molar refractivity (Wildman–Crippen MR) is 86.9 cm³/mol. The van der Waals surface area contributed by atoms with Gasteiger partial charge in [0.05, 0.1) is 0 Å². The number of rotatable bonds is 4. The van der Waals surface area contributed by atoms with Gasteiger partial charge in [0.1, 0.15) is 0 Å². The van der Waals surface area contributed by atoms with Gasteiger partial charge in [-0.25, -0.2) is 4.79 Å². The van der Waals surface area contributed by atoms with Gasteiger partial charge in [-0.2, -0.15) is 0 Å². The van der Waals surface area contributed by atoms with Crippen LogP contribution >= 0.6 is 0 Å². The summed E-state index contributed by atoms with van der Waals surface area (Å²) >= 11 is 0. The highest BCUT2D eigenvalue weighted by atomic mass is 16.2. The lowest BCUT2D eigenvalue weighted by Gasteiger charge is -2.35. The van der Waals surface area contributed by atoms with Gasteiger partial charge < -0.3 is 15.5 Å². The number of anilines is 1. The molecule has 1 aliphatic heterocycles. The van der Waals surface area contributed by atoms with Crippen molar-refractivity contribution < 1.29 is 4.79 Å². The smallest absolute Gasteiger partial charge is 0.320 e. The van der Waals surface area contributed by atoms with Crippen LogP contribution in [0.2, 0.25) is 0 Å². The van der Waals surface area contributed by atoms with Crippen LogP contribution in [0, 0.1) is 5.92 Å². The highest BCUT2D eigenvalue weighted by Crippen LogP contribution is 2.18. The van der Waals surface area contributed by atoms with Crippen LogP contribution in [-0.2, 0) is 6.54 Å². The van der Waals surface area contributed by atoms with Crippen molar-refractivity contribution in [2.75, 3.05) is 25.4 Å². The summed E-state index contributed by atoms with van der Waals surface area (Å²) in [4.78, 5) is 16.7. The third-order valence-corrected chi connectivity index (χ3v) is 4.17. The van der Waals surface area contributed by atoms with E-state index in [-0.39, 0.29) is 6.03 Å². The van der Waals surface area contributed by atoms with Crippen LogP contribution in [0.1, 0.15) is 38.7 Å². The summed E-state index contributed by atoms with van der Waals surface area (Å²) in [6.07, 6.45) is 3.21. The highest BCUT2D eigenvalue weighted by Gasteiger charge is 2.24. The van der Waals surface area contributed by atoms with Gasteiger partial charge in [0, 0.05) is 31.9 Å². The molecule has 0 bridgehead atoms. The maximum Gasteiger partial charge on any atom is 0.320 e. The number of benzene rings is 1. The van der Waals surface area contributed by atoms with E-state index in [4.69, 9.17) is 5.73 Å². The lowest BCUT2D eigenvalue weighted by Crippen LogP contribution is -2.46. The molecule has 0 saturated carbocycles. The Labute approximate surface area is 127 Å². The molecule has 0 radical (unpaired) electrons. The summed E-state index contributed by atoms with van der Waals surface area (Å²) < 4.78 is 0. The molecule has 2 amide bonds. The van der Waals surface area contributed by atoms with Crippen LogP contribution in [0.15, 0.2) is 24.3 Å². The van der Waals surface area contributed by atoms with Crippen LogP contribution in [0.3, 0.4) is 0 Å². The molecule has 1 aromatic rings. The molecular weight excluding hydrogens is 262 g/mol. The van der Waals surface area contributed by atoms with E-state index in [9.17, 15) is 4.79 Å². The van der Waals surface area contributed by atoms with Gasteiger partial charge in [-0.05, 0) is 42.9 Å². The van der Waals surface area contributed by atoms with Crippen molar-refractivity contribution in [3.05, 3.63) is 29.8 Å². The number of piperidine rings is 1. The summed E-state index contributed by atoms with van der Waals surface area (Å²) in [7, 11) is 0. The van der Waals surface area contributed by atoms with E-state index in [1.807, 2.05) is 34.1 Å². The number of urea groups is 1. The largest absolute Gasteiger partial charge is 0.399 e. The number of nitrogens with two attached hydrogens (primary N) is 1. The Hall–Kier alpha value is -1.71. The van der Waals surface area contributed by atoms with Gasteiger partial charge in [-0.1, -0.05) is 26.0 Å². The second-order valence-electron chi connectivity index (χ2n) is 6.12. The minimum atomic E-state index is 0.181. The first kappa shape index (κ1) is 15.7. The fraction of sp³-hybridized carbons (Fsp3) is 0.588. The Morgan fingerprint density at radius 3 is 2.48 bits per heavy atom. The molecule has 4 heteroatoms. The monoisotopic (exact) mass is 289 g/mol. The SMILES string of the molecule is CCCN(Cc1ccc(N)cc1)C(=O)N1CCC(C)CC1. The number of carbonyl (C=O) groups is 1. The van der Waals surface area contributed by atoms with Crippen molar-refractivity contribution in [1.29, 1.82) is 0 Å². The van der Waals surface area contributed by atoms with Crippen molar-refractivity contribution in [3.8, 4) is 0 Å². The molecule has 4 nitrogen and oxygen atoms in total. The molecule has 1 fully saturated rings. The van der Waals surface area contributed by atoms with Crippen molar-refractivity contribution in [2.24, 2.45) is 5.92 Å². The van der Waals surface area contributed by atoms with Crippen LogP contribution in [-0.4, -0.2) is 35.5 Å². The number of carbonyl (C=O) groups excluding carboxylic acids is 1. The quantitative estimate of drug-likeness (QED) is 0.864. The minimum absolute atomic E-state index is 0.181. The molecule has 1 saturated heterocycles. The van der Waals surface area contributed by atoms with Crippen molar-refractivity contribution in [2.45, 2.75) is 39.7 Å². The molecule has 0 atom stereocenters. The maximum absolute atomic E-state index is 12.7. The lowest BCUT2D eigenvalue weighted by atomic mass is 9.99. The summed E-state index contributed by atoms with van der Waals surface area (Å²) in [5.41, 5.74) is 7.61. The Balaban J connectivity index is 2.00. The highest BCUT2D eigenvalue weighted by molar-refractivity contribution is 5.74. The van der Waals surface area contributed by atoms with E-state index in [0.717, 1.165) is 56.1 Å². The van der Waals surface area contributed by atoms with Crippen molar-refractivity contribution in [3.63, 3.8) is 0 Å². The van der Waals surface area contributed by atoms with Gasteiger partial charge in [0.2, 0.25) is 0 Å². The predicted octanol–water partition coefficient (Wildman–Crippen LogP) is 3.33. The molecule has 2 N–H and O–H groups in total. The molecule has 1 aliphatic rings. The molecular formula is C17H27N3O. The van der Waals surface area contributed by atoms with Crippen LogP contribution in [0.5, 0.6) is 0 Å². The zero-order valence-corrected chi connectivity index (χ0v) is 13.2. The van der Waals surface area contributed by atoms with Gasteiger partial charge in [0.25, 0.3) is 0 Å². The molecule has 0 aromatic heterocycles. The molecule has 21 heavy (non-hydrogen) atoms. The standard InChI is InChI=1S/C17H27N3O/c1-3-10-20(13-15-4-6-16(18)7-5-15)17(21)19-11-8-14(2)9-12-19/h4-7,14H,3,8-13,18H2,1-2H3. The van der Waals surface area contributed by atoms with Crippen LogP contribution in [0.4, 0.5) is 10.5 Å². The number of likely N-dealkylation sites (tertiary alicyclic amines) is 1. The Morgan fingerprint density at radius 1 is 1.29 bits per heavy atom. The zero-order valence-electron chi connectivity index (χ0n) is 13.2. The molecule has 0 spiro atoms. The number of hydrogen-bond donors (Lipinski definition) is 1. The van der Waals surface area contributed by atoms with E-state index in [1.165, 1.54) is 0 Å². The minimum Gasteiger partial charge on any atom is -0.399 e. The number of hydrogen-bond acceptors (Lipinski definition) is 2. The number of amides is 2. The molecule has 116 valence electrons. The molecule has 2 rings (SSSR count). The summed E-state index contributed by atoms with van der Waals surface area (Å²) in [5, 5.41) is 0. The van der Waals surface area contributed by atoms with E-state index < -0.39 is 0 Å². The second kappa shape index (κ2) is 7.34. The van der Waals surface area contributed by atoms with Gasteiger partial charge >= 0.3 is 6.03 Å². The fourth-order valence-electron chi connectivity index (χ4n) is 2.76. The first-order valence-corrected chi connectivity index (χ1v) is 7.98. The van der Waals surface area contributed by atoms with Gasteiger partial charge in [0.15, 0.2) is 0 Å². The number of nitrogens with zero attached hydrogens (tertiary/aromatic N) is 2. The molecule has 1 heterocycles. The molecule has 0 unspecified atom stereocenters. The maximum atomic E-state index is 12.7. The number of nitrogen functional groups attached to an aromatic ring is 1. The Bertz CT molecular complexity index is 450. The van der Waals surface area contributed by atoms with Crippen LogP contribution < -0.4 is 5.73 Å². The van der Waals surface area contributed by atoms with E-state index in [0.29, 0.717) is 6.54 Å². The zero-order chi connectivity index (χ0) is 15.2. The van der Waals surface area contributed by atoms with E-state index in [2.05, 4.69) is 13.8 Å². The van der Waals surface area contributed by atoms with Crippen molar-refractivity contribution in [1.82, 2.24) is 9.80 Å². The summed E-state index contributed by atoms with van der Waals surface area (Å²) in [6.45, 7) is 7.62. The molecule has 0 aliphatic carbocycles. The second-order valence-corrected chi connectivity index (χ2v) is 6.12. The Kier molecular flexibility index (Phi) is 5.48. The van der Waals surface area contributed by atoms with E-state index in [1.54, 1.807) is 0 Å². The lowest BCUT2D eigenvalue weighted by molar-refractivity contribution is 0.132. The van der Waals surface area contributed by atoms with Gasteiger partial charge in [-0.15, -0.1) is 0 Å². The average molecular weight is 289 g/mol. The summed E-state index contributed by atoms with van der Waals surface area (Å²) in [5.74, 6) is 0.741. The van der Waals surface area contributed by atoms with Crippen molar-refractivity contribution >= 4 is 11.7 Å². The summed E-state index contributed by atoms with van der Waals surface area (Å²) in [6, 6.07) is 7.98. The third kappa shape index (κ3) is 4.38. The van der Waals surface area contributed by atoms with E-state index >= 15 is 0 Å². The Morgan fingerprint density at radius 2 is 1.90 bits per heavy atom.